The summed E-state index contributed by atoms with van der Waals surface area (Å²) >= 11 is 0. The molecule has 3 rings (SSSR count). The van der Waals surface area contributed by atoms with Gasteiger partial charge in [-0.2, -0.15) is 0 Å². The largest absolute Gasteiger partial charge is 0.479 e. The Kier molecular flexibility index (Phi) is 3.80. The van der Waals surface area contributed by atoms with E-state index in [2.05, 4.69) is 74.8 Å². The van der Waals surface area contributed by atoms with Gasteiger partial charge >= 0.3 is 0 Å². The summed E-state index contributed by atoms with van der Waals surface area (Å²) in [5.41, 5.74) is 2.41. The topological polar surface area (TPSA) is 9.23 Å². The van der Waals surface area contributed by atoms with Gasteiger partial charge in [-0.3, -0.25) is 0 Å². The van der Waals surface area contributed by atoms with Gasteiger partial charge in [-0.15, -0.1) is 0 Å². The Hall–Kier alpha value is -2.06. The quantitative estimate of drug-likeness (QED) is 0.613. The first-order chi connectivity index (χ1) is 10.1. The van der Waals surface area contributed by atoms with E-state index in [-0.39, 0.29) is 0 Å². The molecular weight excluding hydrogens is 258 g/mol. The van der Waals surface area contributed by atoms with E-state index >= 15 is 0 Å². The minimum Gasteiger partial charge on any atom is -0.479 e. The summed E-state index contributed by atoms with van der Waals surface area (Å²) < 4.78 is 7.02. The predicted octanol–water partition coefficient (Wildman–Crippen LogP) is 3.69. The molecule has 0 unspecified atom stereocenters. The number of likely N-dealkylation sites (N-methyl/N-ethyl adjacent to an activating group) is 1. The van der Waals surface area contributed by atoms with Crippen LogP contribution in [0.25, 0.3) is 12.2 Å². The van der Waals surface area contributed by atoms with E-state index in [0.29, 0.717) is 6.10 Å². The third-order valence-electron chi connectivity index (χ3n) is 3.85. The van der Waals surface area contributed by atoms with Crippen LogP contribution in [0.2, 0.25) is 0 Å². The first kappa shape index (κ1) is 13.9. The standard InChI is InChI=1S/C19H22NO/c1-20(2)14-19(15-20)21-18-12-10-17(11-13-18)9-8-16-6-4-3-5-7-16/h3-13,19H,14-15H2,1-2H3/q+1. The molecule has 1 fully saturated rings. The zero-order valence-electron chi connectivity index (χ0n) is 12.7. The van der Waals surface area contributed by atoms with Crippen LogP contribution in [0.3, 0.4) is 0 Å². The van der Waals surface area contributed by atoms with Gasteiger partial charge in [0.15, 0.2) is 6.10 Å². The molecule has 0 bridgehead atoms. The van der Waals surface area contributed by atoms with Crippen LogP contribution in [-0.2, 0) is 0 Å². The molecule has 21 heavy (non-hydrogen) atoms. The van der Waals surface area contributed by atoms with Crippen molar-refractivity contribution in [2.75, 3.05) is 27.2 Å². The minimum absolute atomic E-state index is 0.366. The van der Waals surface area contributed by atoms with Crippen molar-refractivity contribution in [1.29, 1.82) is 0 Å². The highest BCUT2D eigenvalue weighted by atomic mass is 16.5. The highest BCUT2D eigenvalue weighted by Crippen LogP contribution is 2.22. The molecular formula is C19H22NO+. The number of nitrogens with zero attached hydrogens (tertiary/aromatic N) is 1. The van der Waals surface area contributed by atoms with E-state index in [1.807, 2.05) is 6.07 Å². The number of quaternary nitrogens is 1. The van der Waals surface area contributed by atoms with Gasteiger partial charge in [0.05, 0.1) is 14.1 Å². The average molecular weight is 280 g/mol. The van der Waals surface area contributed by atoms with Crippen LogP contribution < -0.4 is 4.74 Å². The van der Waals surface area contributed by atoms with Crippen molar-refractivity contribution >= 4 is 12.2 Å². The number of rotatable bonds is 4. The average Bonchev–Trinajstić information content (AvgIpc) is 2.46. The summed E-state index contributed by atoms with van der Waals surface area (Å²) in [7, 11) is 4.47. The van der Waals surface area contributed by atoms with Crippen molar-refractivity contribution in [2.24, 2.45) is 0 Å². The lowest BCUT2D eigenvalue weighted by Crippen LogP contribution is -2.63. The second-order valence-corrected chi connectivity index (χ2v) is 6.35. The lowest BCUT2D eigenvalue weighted by molar-refractivity contribution is -0.936. The Labute approximate surface area is 126 Å². The maximum absolute atomic E-state index is 5.96. The molecule has 0 aromatic heterocycles. The first-order valence-electron chi connectivity index (χ1n) is 7.43. The lowest BCUT2D eigenvalue weighted by atomic mass is 10.1. The smallest absolute Gasteiger partial charge is 0.196 e. The van der Waals surface area contributed by atoms with E-state index in [1.165, 1.54) is 11.1 Å². The van der Waals surface area contributed by atoms with Crippen LogP contribution in [0.1, 0.15) is 11.1 Å². The summed E-state index contributed by atoms with van der Waals surface area (Å²) in [6.07, 6.45) is 4.62. The molecule has 2 aromatic carbocycles. The monoisotopic (exact) mass is 280 g/mol. The minimum atomic E-state index is 0.366. The molecule has 1 aliphatic heterocycles. The molecule has 0 N–H and O–H groups in total. The van der Waals surface area contributed by atoms with Gasteiger partial charge in [-0.05, 0) is 23.3 Å². The lowest BCUT2D eigenvalue weighted by Gasteiger charge is -2.43. The summed E-state index contributed by atoms with van der Waals surface area (Å²) in [6.45, 7) is 2.19. The Morgan fingerprint density at radius 3 is 2.00 bits per heavy atom. The number of likely N-dealkylation sites (tertiary alicyclic amines) is 1. The van der Waals surface area contributed by atoms with E-state index in [4.69, 9.17) is 4.74 Å². The number of hydrogen-bond donors (Lipinski definition) is 0. The maximum Gasteiger partial charge on any atom is 0.196 e. The van der Waals surface area contributed by atoms with Gasteiger partial charge in [-0.1, -0.05) is 54.6 Å². The van der Waals surface area contributed by atoms with Crippen molar-refractivity contribution in [1.82, 2.24) is 0 Å². The molecule has 0 spiro atoms. The Morgan fingerprint density at radius 1 is 0.857 bits per heavy atom. The zero-order valence-corrected chi connectivity index (χ0v) is 12.7. The van der Waals surface area contributed by atoms with Crippen molar-refractivity contribution in [3.63, 3.8) is 0 Å². The van der Waals surface area contributed by atoms with Crippen LogP contribution in [-0.4, -0.2) is 37.8 Å². The second-order valence-electron chi connectivity index (χ2n) is 6.35. The molecule has 1 saturated heterocycles. The Balaban J connectivity index is 1.58. The zero-order chi connectivity index (χ0) is 14.7. The highest BCUT2D eigenvalue weighted by Gasteiger charge is 2.38. The Bertz CT molecular complexity index is 606. The van der Waals surface area contributed by atoms with E-state index in [9.17, 15) is 0 Å². The summed E-state index contributed by atoms with van der Waals surface area (Å²) in [6, 6.07) is 18.7. The summed E-state index contributed by atoms with van der Waals surface area (Å²) in [5, 5.41) is 0. The molecule has 0 aliphatic carbocycles. The molecule has 1 heterocycles. The molecule has 2 heteroatoms. The van der Waals surface area contributed by atoms with Crippen LogP contribution in [0.15, 0.2) is 54.6 Å². The van der Waals surface area contributed by atoms with Gasteiger partial charge < -0.3 is 9.22 Å². The van der Waals surface area contributed by atoms with Crippen molar-refractivity contribution in [2.45, 2.75) is 6.10 Å². The summed E-state index contributed by atoms with van der Waals surface area (Å²) in [5.74, 6) is 0.969. The molecule has 0 radical (unpaired) electrons. The molecule has 2 nitrogen and oxygen atoms in total. The van der Waals surface area contributed by atoms with Gasteiger partial charge in [0, 0.05) is 0 Å². The highest BCUT2D eigenvalue weighted by molar-refractivity contribution is 5.69. The Morgan fingerprint density at radius 2 is 1.43 bits per heavy atom. The normalized spacial score (nSPS) is 17.6. The third-order valence-corrected chi connectivity index (χ3v) is 3.85. The summed E-state index contributed by atoms with van der Waals surface area (Å²) in [4.78, 5) is 0. The SMILES string of the molecule is C[N+]1(C)CC(Oc2ccc(C=Cc3ccccc3)cc2)C1. The number of ether oxygens (including phenoxy) is 1. The molecule has 0 saturated carbocycles. The van der Waals surface area contributed by atoms with Crippen LogP contribution in [0, 0.1) is 0 Å². The van der Waals surface area contributed by atoms with Crippen molar-refractivity contribution < 1.29 is 9.22 Å². The van der Waals surface area contributed by atoms with Gasteiger partial charge in [0.2, 0.25) is 0 Å². The van der Waals surface area contributed by atoms with Gasteiger partial charge in [-0.25, -0.2) is 0 Å². The van der Waals surface area contributed by atoms with Gasteiger partial charge in [0.1, 0.15) is 18.8 Å². The maximum atomic E-state index is 5.96. The second kappa shape index (κ2) is 5.74. The predicted molar refractivity (Wildman–Crippen MR) is 88.1 cm³/mol. The number of benzene rings is 2. The molecule has 0 atom stereocenters. The third kappa shape index (κ3) is 3.73. The fraction of sp³-hybridized carbons (Fsp3) is 0.263. The van der Waals surface area contributed by atoms with Crippen LogP contribution >= 0.6 is 0 Å². The van der Waals surface area contributed by atoms with Crippen LogP contribution in [0.5, 0.6) is 5.75 Å². The van der Waals surface area contributed by atoms with Crippen molar-refractivity contribution in [3.8, 4) is 5.75 Å². The fourth-order valence-electron chi connectivity index (χ4n) is 2.73. The van der Waals surface area contributed by atoms with Crippen LogP contribution in [0.4, 0.5) is 0 Å². The van der Waals surface area contributed by atoms with E-state index < -0.39 is 0 Å². The fourth-order valence-corrected chi connectivity index (χ4v) is 2.73. The van der Waals surface area contributed by atoms with Gasteiger partial charge in [0.25, 0.3) is 0 Å². The molecule has 2 aromatic rings. The molecule has 0 amide bonds. The van der Waals surface area contributed by atoms with E-state index in [0.717, 1.165) is 23.3 Å². The first-order valence-corrected chi connectivity index (χ1v) is 7.43. The number of hydrogen-bond acceptors (Lipinski definition) is 1. The molecule has 1 aliphatic rings. The van der Waals surface area contributed by atoms with Crippen molar-refractivity contribution in [3.05, 3.63) is 65.7 Å². The van der Waals surface area contributed by atoms with E-state index in [1.54, 1.807) is 0 Å². The molecule has 108 valence electrons.